The van der Waals surface area contributed by atoms with Gasteiger partial charge in [-0.1, -0.05) is 25.7 Å². The number of rotatable bonds is 4. The van der Waals surface area contributed by atoms with Crippen molar-refractivity contribution in [2.45, 2.75) is 51.4 Å². The van der Waals surface area contributed by atoms with E-state index in [1.54, 1.807) is 0 Å². The van der Waals surface area contributed by atoms with Crippen LogP contribution in [0.2, 0.25) is 0 Å². The van der Waals surface area contributed by atoms with Crippen molar-refractivity contribution < 1.29 is 4.79 Å². The molecule has 0 saturated heterocycles. The Labute approximate surface area is 98.2 Å². The third-order valence-corrected chi connectivity index (χ3v) is 4.25. The normalized spacial score (nSPS) is 24.8. The molecule has 3 N–H and O–H groups in total. The second-order valence-electron chi connectivity index (χ2n) is 5.61. The summed E-state index contributed by atoms with van der Waals surface area (Å²) in [5.74, 6) is 0.553. The zero-order chi connectivity index (χ0) is 11.4. The Hall–Kier alpha value is -0.570. The van der Waals surface area contributed by atoms with Crippen molar-refractivity contribution in [2.24, 2.45) is 17.1 Å². The van der Waals surface area contributed by atoms with Gasteiger partial charge in [0.05, 0.1) is 0 Å². The average molecular weight is 224 g/mol. The fourth-order valence-corrected chi connectivity index (χ4v) is 2.59. The summed E-state index contributed by atoms with van der Waals surface area (Å²) in [6, 6.07) is 0. The molecule has 3 nitrogen and oxygen atoms in total. The zero-order valence-electron chi connectivity index (χ0n) is 10.1. The molecule has 2 aliphatic rings. The Kier molecular flexibility index (Phi) is 3.85. The number of amides is 1. The lowest BCUT2D eigenvalue weighted by Crippen LogP contribution is -2.37. The van der Waals surface area contributed by atoms with Gasteiger partial charge in [0.25, 0.3) is 0 Å². The van der Waals surface area contributed by atoms with Crippen molar-refractivity contribution in [2.75, 3.05) is 13.1 Å². The summed E-state index contributed by atoms with van der Waals surface area (Å²) in [5.41, 5.74) is 5.97. The van der Waals surface area contributed by atoms with E-state index in [-0.39, 0.29) is 17.2 Å². The van der Waals surface area contributed by atoms with Crippen LogP contribution in [0.15, 0.2) is 0 Å². The lowest BCUT2D eigenvalue weighted by Gasteiger charge is -2.17. The summed E-state index contributed by atoms with van der Waals surface area (Å²) in [6.07, 6.45) is 9.60. The van der Waals surface area contributed by atoms with Crippen LogP contribution < -0.4 is 11.1 Å². The predicted octanol–water partition coefficient (Wildman–Crippen LogP) is 1.81. The smallest absolute Gasteiger partial charge is 0.223 e. The first-order valence-corrected chi connectivity index (χ1v) is 6.74. The van der Waals surface area contributed by atoms with Gasteiger partial charge in [0.1, 0.15) is 0 Å². The molecule has 0 unspecified atom stereocenters. The van der Waals surface area contributed by atoms with E-state index < -0.39 is 0 Å². The zero-order valence-corrected chi connectivity index (χ0v) is 10.1. The van der Waals surface area contributed by atoms with E-state index in [1.807, 2.05) is 0 Å². The van der Waals surface area contributed by atoms with E-state index in [1.165, 1.54) is 38.5 Å². The minimum atomic E-state index is 0.264. The molecule has 0 radical (unpaired) electrons. The number of hydrogen-bond donors (Lipinski definition) is 2. The third kappa shape index (κ3) is 2.97. The topological polar surface area (TPSA) is 55.1 Å². The van der Waals surface area contributed by atoms with E-state index in [9.17, 15) is 4.79 Å². The largest absolute Gasteiger partial charge is 0.355 e. The molecule has 2 fully saturated rings. The molecule has 0 spiro atoms. The summed E-state index contributed by atoms with van der Waals surface area (Å²) in [5, 5.41) is 3.11. The first-order valence-electron chi connectivity index (χ1n) is 6.74. The quantitative estimate of drug-likeness (QED) is 0.716. The maximum Gasteiger partial charge on any atom is 0.223 e. The minimum absolute atomic E-state index is 0.264. The van der Waals surface area contributed by atoms with Crippen LogP contribution in [0.4, 0.5) is 0 Å². The molecule has 0 aromatic heterocycles. The highest BCUT2D eigenvalue weighted by Gasteiger charge is 2.41. The van der Waals surface area contributed by atoms with E-state index in [0.717, 1.165) is 25.9 Å². The van der Waals surface area contributed by atoms with Crippen LogP contribution in [0.25, 0.3) is 0 Å². The number of carbonyl (C=O) groups excluding carboxylic acids is 1. The first kappa shape index (κ1) is 11.9. The van der Waals surface area contributed by atoms with Gasteiger partial charge >= 0.3 is 0 Å². The van der Waals surface area contributed by atoms with E-state index in [4.69, 9.17) is 5.73 Å². The molecule has 0 aromatic rings. The molecule has 3 heteroatoms. The predicted molar refractivity (Wildman–Crippen MR) is 64.9 cm³/mol. The van der Waals surface area contributed by atoms with Crippen LogP contribution in [-0.2, 0) is 4.79 Å². The summed E-state index contributed by atoms with van der Waals surface area (Å²) < 4.78 is 0. The van der Waals surface area contributed by atoms with Crippen LogP contribution in [0.1, 0.15) is 51.4 Å². The summed E-state index contributed by atoms with van der Waals surface area (Å²) in [4.78, 5) is 12.0. The van der Waals surface area contributed by atoms with Crippen molar-refractivity contribution in [3.8, 4) is 0 Å². The van der Waals surface area contributed by atoms with Crippen molar-refractivity contribution in [1.82, 2.24) is 5.32 Å². The molecule has 0 atom stereocenters. The van der Waals surface area contributed by atoms with Crippen LogP contribution in [0.3, 0.4) is 0 Å². The van der Waals surface area contributed by atoms with Crippen molar-refractivity contribution in [3.63, 3.8) is 0 Å². The van der Waals surface area contributed by atoms with Crippen LogP contribution in [-0.4, -0.2) is 19.0 Å². The highest BCUT2D eigenvalue weighted by Crippen LogP contribution is 2.43. The summed E-state index contributed by atoms with van der Waals surface area (Å²) >= 11 is 0. The Bertz CT molecular complexity index is 240. The molecular formula is C13H24N2O. The molecule has 0 aromatic carbocycles. The lowest BCUT2D eigenvalue weighted by atomic mass is 9.99. The summed E-state index contributed by atoms with van der Waals surface area (Å²) in [6.45, 7) is 1.52. The number of hydrogen-bond acceptors (Lipinski definition) is 2. The second-order valence-corrected chi connectivity index (χ2v) is 5.61. The Balaban J connectivity index is 1.74. The fourth-order valence-electron chi connectivity index (χ4n) is 2.59. The Morgan fingerprint density at radius 3 is 2.31 bits per heavy atom. The number of nitrogens with one attached hydrogen (secondary N) is 1. The Morgan fingerprint density at radius 1 is 1.19 bits per heavy atom. The third-order valence-electron chi connectivity index (χ3n) is 4.25. The second kappa shape index (κ2) is 5.17. The maximum absolute atomic E-state index is 12.0. The van der Waals surface area contributed by atoms with Gasteiger partial charge in [-0.25, -0.2) is 0 Å². The molecule has 0 bridgehead atoms. The first-order chi connectivity index (χ1) is 7.76. The summed E-state index contributed by atoms with van der Waals surface area (Å²) in [7, 11) is 0. The van der Waals surface area contributed by atoms with Gasteiger partial charge in [0.2, 0.25) is 5.91 Å². The van der Waals surface area contributed by atoms with Crippen LogP contribution in [0, 0.1) is 11.3 Å². The molecule has 0 heterocycles. The molecule has 16 heavy (non-hydrogen) atoms. The highest BCUT2D eigenvalue weighted by molar-refractivity contribution is 5.78. The molecular weight excluding hydrogens is 200 g/mol. The molecule has 2 saturated carbocycles. The van der Waals surface area contributed by atoms with E-state index in [0.29, 0.717) is 0 Å². The fraction of sp³-hybridized carbons (Fsp3) is 0.923. The molecule has 0 aliphatic heterocycles. The van der Waals surface area contributed by atoms with Gasteiger partial charge in [-0.15, -0.1) is 0 Å². The average Bonchev–Trinajstić information content (AvgIpc) is 3.11. The number of nitrogens with two attached hydrogens (primary N) is 1. The molecule has 92 valence electrons. The van der Waals surface area contributed by atoms with Gasteiger partial charge in [-0.2, -0.15) is 0 Å². The van der Waals surface area contributed by atoms with Crippen LogP contribution in [0.5, 0.6) is 0 Å². The van der Waals surface area contributed by atoms with Crippen molar-refractivity contribution in [3.05, 3.63) is 0 Å². The van der Waals surface area contributed by atoms with Crippen molar-refractivity contribution >= 4 is 5.91 Å². The van der Waals surface area contributed by atoms with Crippen molar-refractivity contribution in [1.29, 1.82) is 0 Å². The van der Waals surface area contributed by atoms with Gasteiger partial charge in [0, 0.05) is 12.5 Å². The monoisotopic (exact) mass is 224 g/mol. The maximum atomic E-state index is 12.0. The van der Waals surface area contributed by atoms with Gasteiger partial charge in [-0.05, 0) is 37.6 Å². The van der Waals surface area contributed by atoms with Crippen LogP contribution >= 0.6 is 0 Å². The molecule has 2 rings (SSSR count). The van der Waals surface area contributed by atoms with E-state index >= 15 is 0 Å². The molecule has 1 amide bonds. The van der Waals surface area contributed by atoms with Gasteiger partial charge < -0.3 is 11.1 Å². The number of carbonyl (C=O) groups is 1. The molecule has 2 aliphatic carbocycles. The van der Waals surface area contributed by atoms with Gasteiger partial charge in [-0.3, -0.25) is 4.79 Å². The SMILES string of the molecule is NCC1(CNC(=O)C2CCCCCC2)CC1. The highest BCUT2D eigenvalue weighted by atomic mass is 16.1. The van der Waals surface area contributed by atoms with Gasteiger partial charge in [0.15, 0.2) is 0 Å². The van der Waals surface area contributed by atoms with E-state index in [2.05, 4.69) is 5.32 Å². The lowest BCUT2D eigenvalue weighted by molar-refractivity contribution is -0.125. The Morgan fingerprint density at radius 2 is 1.81 bits per heavy atom. The minimum Gasteiger partial charge on any atom is -0.355 e. The standard InChI is InChI=1S/C13H24N2O/c14-9-13(7-8-13)10-15-12(16)11-5-3-1-2-4-6-11/h11H,1-10,14H2,(H,15,16).